The summed E-state index contributed by atoms with van der Waals surface area (Å²) < 4.78 is 1.64. The molecule has 0 aromatic carbocycles. The average molecular weight is 291 g/mol. The molecule has 0 saturated carbocycles. The molecule has 1 aromatic heterocycles. The van der Waals surface area contributed by atoms with Gasteiger partial charge in [0.25, 0.3) is 5.56 Å². The van der Waals surface area contributed by atoms with Gasteiger partial charge in [-0.05, 0) is 45.2 Å². The number of hydrogen-bond donors (Lipinski definition) is 2. The number of nitrogens with one attached hydrogen (secondary N) is 2. The number of nitrogens with zero attached hydrogens (tertiary/aromatic N) is 1. The predicted octanol–water partition coefficient (Wildman–Crippen LogP) is 1.36. The first kappa shape index (κ1) is 15.8. The highest BCUT2D eigenvalue weighted by Gasteiger charge is 2.23. The van der Waals surface area contributed by atoms with Gasteiger partial charge in [0.1, 0.15) is 6.54 Å². The fourth-order valence-corrected chi connectivity index (χ4v) is 3.00. The number of hydrogen-bond acceptors (Lipinski definition) is 3. The van der Waals surface area contributed by atoms with Crippen LogP contribution >= 0.6 is 0 Å². The molecule has 1 unspecified atom stereocenters. The summed E-state index contributed by atoms with van der Waals surface area (Å²) >= 11 is 0. The Morgan fingerprint density at radius 1 is 1.43 bits per heavy atom. The van der Waals surface area contributed by atoms with Crippen LogP contribution in [0.15, 0.2) is 16.9 Å². The van der Waals surface area contributed by atoms with Crippen LogP contribution in [-0.4, -0.2) is 23.1 Å². The number of pyridine rings is 1. The number of rotatable bonds is 5. The fourth-order valence-electron chi connectivity index (χ4n) is 3.00. The molecule has 0 aliphatic heterocycles. The summed E-state index contributed by atoms with van der Waals surface area (Å²) in [4.78, 5) is 24.1. The zero-order valence-corrected chi connectivity index (χ0v) is 13.1. The standard InChI is InChI=1S/C16H25N3O2/c1-4-17-13-6-5-7-14-12(13)8-9-16(21)19(14)10-15(20)18-11(2)3/h8-9,11,13,17H,4-7,10H2,1-3H3,(H,18,20). The SMILES string of the molecule is CCNC1CCCc2c1ccc(=O)n2CC(=O)NC(C)C. The Bertz CT molecular complexity index is 563. The number of carbonyl (C=O) groups excluding carboxylic acids is 1. The molecule has 21 heavy (non-hydrogen) atoms. The molecular formula is C16H25N3O2. The highest BCUT2D eigenvalue weighted by molar-refractivity contribution is 5.76. The average Bonchev–Trinajstić information content (AvgIpc) is 2.42. The zero-order valence-electron chi connectivity index (χ0n) is 13.1. The summed E-state index contributed by atoms with van der Waals surface area (Å²) in [5, 5.41) is 6.30. The highest BCUT2D eigenvalue weighted by atomic mass is 16.2. The van der Waals surface area contributed by atoms with E-state index >= 15 is 0 Å². The molecule has 0 fully saturated rings. The van der Waals surface area contributed by atoms with Crippen molar-refractivity contribution in [3.8, 4) is 0 Å². The van der Waals surface area contributed by atoms with Gasteiger partial charge in [0.15, 0.2) is 0 Å². The van der Waals surface area contributed by atoms with Gasteiger partial charge in [-0.25, -0.2) is 0 Å². The smallest absolute Gasteiger partial charge is 0.251 e. The maximum atomic E-state index is 12.1. The van der Waals surface area contributed by atoms with Crippen LogP contribution in [-0.2, 0) is 17.8 Å². The third-order valence-corrected chi connectivity index (χ3v) is 3.81. The van der Waals surface area contributed by atoms with Crippen LogP contribution in [0.1, 0.15) is 50.9 Å². The zero-order chi connectivity index (χ0) is 15.4. The monoisotopic (exact) mass is 291 g/mol. The van der Waals surface area contributed by atoms with E-state index in [0.29, 0.717) is 6.04 Å². The molecule has 1 atom stereocenters. The van der Waals surface area contributed by atoms with Crippen LogP contribution in [0, 0.1) is 0 Å². The van der Waals surface area contributed by atoms with Crippen molar-refractivity contribution in [3.63, 3.8) is 0 Å². The van der Waals surface area contributed by atoms with Gasteiger partial charge < -0.3 is 15.2 Å². The lowest BCUT2D eigenvalue weighted by Crippen LogP contribution is -2.38. The van der Waals surface area contributed by atoms with E-state index in [1.54, 1.807) is 10.6 Å². The summed E-state index contributed by atoms with van der Waals surface area (Å²) in [7, 11) is 0. The Morgan fingerprint density at radius 3 is 2.86 bits per heavy atom. The Morgan fingerprint density at radius 2 is 2.19 bits per heavy atom. The van der Waals surface area contributed by atoms with E-state index in [-0.39, 0.29) is 24.1 Å². The quantitative estimate of drug-likeness (QED) is 0.861. The maximum Gasteiger partial charge on any atom is 0.251 e. The Kier molecular flexibility index (Phi) is 5.17. The van der Waals surface area contributed by atoms with E-state index < -0.39 is 0 Å². The van der Waals surface area contributed by atoms with Crippen LogP contribution in [0.3, 0.4) is 0 Å². The Labute approximate surface area is 125 Å². The third-order valence-electron chi connectivity index (χ3n) is 3.81. The van der Waals surface area contributed by atoms with Gasteiger partial charge in [0.2, 0.25) is 5.91 Å². The number of aromatic nitrogens is 1. The summed E-state index contributed by atoms with van der Waals surface area (Å²) in [6.45, 7) is 6.93. The molecular weight excluding hydrogens is 266 g/mol. The second-order valence-corrected chi connectivity index (χ2v) is 5.88. The molecule has 0 saturated heterocycles. The molecule has 2 rings (SSSR count). The van der Waals surface area contributed by atoms with E-state index in [1.165, 1.54) is 5.56 Å². The lowest BCUT2D eigenvalue weighted by molar-refractivity contribution is -0.122. The summed E-state index contributed by atoms with van der Waals surface area (Å²) in [6.07, 6.45) is 2.99. The molecule has 1 aliphatic carbocycles. The first-order valence-corrected chi connectivity index (χ1v) is 7.78. The van der Waals surface area contributed by atoms with Crippen LogP contribution in [0.2, 0.25) is 0 Å². The van der Waals surface area contributed by atoms with Crippen molar-refractivity contribution in [2.45, 2.75) is 58.7 Å². The number of amides is 1. The van der Waals surface area contributed by atoms with Crippen LogP contribution in [0.25, 0.3) is 0 Å². The molecule has 1 aromatic rings. The van der Waals surface area contributed by atoms with Gasteiger partial charge in [-0.15, -0.1) is 0 Å². The molecule has 0 spiro atoms. The molecule has 0 bridgehead atoms. The van der Waals surface area contributed by atoms with Crippen molar-refractivity contribution in [2.24, 2.45) is 0 Å². The van der Waals surface area contributed by atoms with E-state index in [9.17, 15) is 9.59 Å². The molecule has 0 radical (unpaired) electrons. The van der Waals surface area contributed by atoms with Crippen LogP contribution in [0.5, 0.6) is 0 Å². The second kappa shape index (κ2) is 6.89. The predicted molar refractivity (Wildman–Crippen MR) is 83.3 cm³/mol. The van der Waals surface area contributed by atoms with Crippen LogP contribution in [0.4, 0.5) is 0 Å². The summed E-state index contributed by atoms with van der Waals surface area (Å²) in [5.41, 5.74) is 2.09. The minimum atomic E-state index is -0.105. The molecule has 2 N–H and O–H groups in total. The van der Waals surface area contributed by atoms with Crippen molar-refractivity contribution in [1.29, 1.82) is 0 Å². The highest BCUT2D eigenvalue weighted by Crippen LogP contribution is 2.28. The first-order valence-electron chi connectivity index (χ1n) is 7.78. The fraction of sp³-hybridized carbons (Fsp3) is 0.625. The van der Waals surface area contributed by atoms with Gasteiger partial charge in [-0.1, -0.05) is 13.0 Å². The normalized spacial score (nSPS) is 17.6. The van der Waals surface area contributed by atoms with Gasteiger partial charge in [-0.2, -0.15) is 0 Å². The third kappa shape index (κ3) is 3.73. The van der Waals surface area contributed by atoms with Gasteiger partial charge in [0.05, 0.1) is 0 Å². The van der Waals surface area contributed by atoms with Gasteiger partial charge >= 0.3 is 0 Å². The lowest BCUT2D eigenvalue weighted by Gasteiger charge is -2.28. The molecule has 116 valence electrons. The van der Waals surface area contributed by atoms with Crippen molar-refractivity contribution >= 4 is 5.91 Å². The largest absolute Gasteiger partial charge is 0.352 e. The molecule has 1 aliphatic rings. The van der Waals surface area contributed by atoms with Crippen molar-refractivity contribution in [3.05, 3.63) is 33.7 Å². The molecule has 1 amide bonds. The number of carbonyl (C=O) groups is 1. The summed E-state index contributed by atoms with van der Waals surface area (Å²) in [6, 6.07) is 3.87. The minimum absolute atomic E-state index is 0.0854. The molecule has 5 heteroatoms. The second-order valence-electron chi connectivity index (χ2n) is 5.88. The summed E-state index contributed by atoms with van der Waals surface area (Å²) in [5.74, 6) is -0.105. The first-order chi connectivity index (χ1) is 10.0. The lowest BCUT2D eigenvalue weighted by atomic mass is 9.91. The molecule has 1 heterocycles. The number of fused-ring (bicyclic) bond motifs is 1. The van der Waals surface area contributed by atoms with E-state index in [2.05, 4.69) is 17.6 Å². The topological polar surface area (TPSA) is 63.1 Å². The van der Waals surface area contributed by atoms with Crippen LogP contribution < -0.4 is 16.2 Å². The Balaban J connectivity index is 2.31. The maximum absolute atomic E-state index is 12.1. The Hall–Kier alpha value is -1.62. The van der Waals surface area contributed by atoms with Crippen molar-refractivity contribution in [2.75, 3.05) is 6.54 Å². The van der Waals surface area contributed by atoms with Gasteiger partial charge in [-0.3, -0.25) is 9.59 Å². The van der Waals surface area contributed by atoms with E-state index in [4.69, 9.17) is 0 Å². The van der Waals surface area contributed by atoms with Crippen molar-refractivity contribution in [1.82, 2.24) is 15.2 Å². The molecule has 5 nitrogen and oxygen atoms in total. The van der Waals surface area contributed by atoms with E-state index in [1.807, 2.05) is 19.9 Å². The minimum Gasteiger partial charge on any atom is -0.352 e. The van der Waals surface area contributed by atoms with Gasteiger partial charge in [0, 0.05) is 23.8 Å². The van der Waals surface area contributed by atoms with E-state index in [0.717, 1.165) is 31.5 Å². The van der Waals surface area contributed by atoms with Crippen molar-refractivity contribution < 1.29 is 4.79 Å².